The summed E-state index contributed by atoms with van der Waals surface area (Å²) in [5, 5.41) is 1.69. The first-order valence-electron chi connectivity index (χ1n) is 8.11. The van der Waals surface area contributed by atoms with Crippen molar-refractivity contribution in [3.63, 3.8) is 0 Å². The quantitative estimate of drug-likeness (QED) is 0.509. The fourth-order valence-corrected chi connectivity index (χ4v) is 4.55. The molecule has 1 N–H and O–H groups in total. The third-order valence-electron chi connectivity index (χ3n) is 3.90. The molecule has 0 bridgehead atoms. The summed E-state index contributed by atoms with van der Waals surface area (Å²) in [4.78, 5) is 12.0. The zero-order valence-electron chi connectivity index (χ0n) is 15.1. The van der Waals surface area contributed by atoms with Crippen molar-refractivity contribution >= 4 is 33.0 Å². The fourth-order valence-electron chi connectivity index (χ4n) is 2.68. The minimum absolute atomic E-state index is 0.159. The second kappa shape index (κ2) is 8.31. The smallest absolute Gasteiger partial charge is 0.345 e. The molecule has 1 aromatic carbocycles. The van der Waals surface area contributed by atoms with E-state index in [9.17, 15) is 35.2 Å². The number of benzene rings is 1. The molecule has 160 valence electrons. The SMILES string of the molecule is CC(CC(F)(F)F)CS(=O)(=O)c1cc(C(=O)Nc2cc(F)c(F)c(Cl)c2)n(C)c1. The average Bonchev–Trinajstić information content (AvgIpc) is 2.93. The first kappa shape index (κ1) is 23.1. The predicted octanol–water partition coefficient (Wildman–Crippen LogP) is 4.57. The second-order valence-corrected chi connectivity index (χ2v) is 9.03. The Morgan fingerprint density at radius 2 is 1.86 bits per heavy atom. The van der Waals surface area contributed by atoms with E-state index in [1.807, 2.05) is 0 Å². The molecule has 0 spiro atoms. The lowest BCUT2D eigenvalue weighted by Gasteiger charge is -2.13. The minimum atomic E-state index is -4.50. The highest BCUT2D eigenvalue weighted by Gasteiger charge is 2.33. The van der Waals surface area contributed by atoms with Crippen LogP contribution in [0.5, 0.6) is 0 Å². The van der Waals surface area contributed by atoms with Gasteiger partial charge in [-0.1, -0.05) is 18.5 Å². The zero-order valence-corrected chi connectivity index (χ0v) is 16.7. The van der Waals surface area contributed by atoms with Crippen molar-refractivity contribution < 1.29 is 35.2 Å². The van der Waals surface area contributed by atoms with Gasteiger partial charge < -0.3 is 9.88 Å². The number of anilines is 1. The van der Waals surface area contributed by atoms with Gasteiger partial charge in [-0.15, -0.1) is 0 Å². The van der Waals surface area contributed by atoms with E-state index >= 15 is 0 Å². The van der Waals surface area contributed by atoms with E-state index in [4.69, 9.17) is 11.6 Å². The number of hydrogen-bond donors (Lipinski definition) is 1. The molecule has 1 heterocycles. The molecule has 5 nitrogen and oxygen atoms in total. The van der Waals surface area contributed by atoms with E-state index in [1.54, 1.807) is 0 Å². The molecule has 12 heteroatoms. The number of carbonyl (C=O) groups excluding carboxylic acids is 1. The standard InChI is InChI=1S/C17H16ClF5N2O3S/c1-9(6-17(21,22)23)8-29(27,28)11-5-14(25(2)7-11)16(26)24-10-3-12(18)15(20)13(19)4-10/h3-5,7,9H,6,8H2,1-2H3,(H,24,26). The van der Waals surface area contributed by atoms with Gasteiger partial charge in [-0.3, -0.25) is 4.79 Å². The Hall–Kier alpha value is -2.14. The number of aryl methyl sites for hydroxylation is 1. The van der Waals surface area contributed by atoms with Crippen molar-refractivity contribution in [2.75, 3.05) is 11.1 Å². The highest BCUT2D eigenvalue weighted by Crippen LogP contribution is 2.28. The summed E-state index contributed by atoms with van der Waals surface area (Å²) in [6, 6.07) is 2.66. The van der Waals surface area contributed by atoms with E-state index in [0.29, 0.717) is 6.07 Å². The third kappa shape index (κ3) is 5.92. The van der Waals surface area contributed by atoms with Crippen molar-refractivity contribution in [2.45, 2.75) is 24.4 Å². The summed E-state index contributed by atoms with van der Waals surface area (Å²) in [6.45, 7) is 1.16. The van der Waals surface area contributed by atoms with Gasteiger partial charge in [-0.25, -0.2) is 17.2 Å². The van der Waals surface area contributed by atoms with Gasteiger partial charge >= 0.3 is 6.18 Å². The number of nitrogens with one attached hydrogen (secondary N) is 1. The van der Waals surface area contributed by atoms with Gasteiger partial charge in [0.2, 0.25) is 0 Å². The van der Waals surface area contributed by atoms with Crippen LogP contribution < -0.4 is 5.32 Å². The summed E-state index contributed by atoms with van der Waals surface area (Å²) in [5.74, 6) is -5.36. The van der Waals surface area contributed by atoms with Crippen molar-refractivity contribution in [1.82, 2.24) is 4.57 Å². The molecule has 0 aliphatic carbocycles. The number of carbonyl (C=O) groups is 1. The first-order chi connectivity index (χ1) is 13.2. The molecule has 0 saturated carbocycles. The van der Waals surface area contributed by atoms with Gasteiger partial charge in [0.1, 0.15) is 5.69 Å². The van der Waals surface area contributed by atoms with Crippen LogP contribution in [0.2, 0.25) is 5.02 Å². The van der Waals surface area contributed by atoms with Crippen LogP contribution in [0.4, 0.5) is 27.6 Å². The molecular weight excluding hydrogens is 443 g/mol. The van der Waals surface area contributed by atoms with E-state index < -0.39 is 56.7 Å². The maximum Gasteiger partial charge on any atom is 0.389 e. The Kier molecular flexibility index (Phi) is 6.63. The van der Waals surface area contributed by atoms with Crippen LogP contribution >= 0.6 is 11.6 Å². The number of sulfone groups is 1. The van der Waals surface area contributed by atoms with Crippen LogP contribution in [-0.2, 0) is 16.9 Å². The van der Waals surface area contributed by atoms with Crippen LogP contribution in [0.3, 0.4) is 0 Å². The molecule has 1 amide bonds. The molecule has 2 aromatic rings. The monoisotopic (exact) mass is 458 g/mol. The average molecular weight is 459 g/mol. The summed E-state index contributed by atoms with van der Waals surface area (Å²) in [5.41, 5.74) is -0.323. The number of nitrogens with zero attached hydrogens (tertiary/aromatic N) is 1. The molecule has 1 unspecified atom stereocenters. The van der Waals surface area contributed by atoms with Crippen molar-refractivity contribution in [3.8, 4) is 0 Å². The lowest BCUT2D eigenvalue weighted by molar-refractivity contribution is -0.141. The molecule has 1 aromatic heterocycles. The highest BCUT2D eigenvalue weighted by molar-refractivity contribution is 7.91. The largest absolute Gasteiger partial charge is 0.389 e. The summed E-state index contributed by atoms with van der Waals surface area (Å²) < 4.78 is 89.8. The van der Waals surface area contributed by atoms with Gasteiger partial charge in [-0.05, 0) is 18.1 Å². The molecule has 0 aliphatic rings. The fraction of sp³-hybridized carbons (Fsp3) is 0.353. The van der Waals surface area contributed by atoms with Crippen LogP contribution in [-0.4, -0.2) is 30.8 Å². The van der Waals surface area contributed by atoms with Gasteiger partial charge in [0.25, 0.3) is 5.91 Å². The maximum atomic E-state index is 13.4. The van der Waals surface area contributed by atoms with Crippen molar-refractivity contribution in [2.24, 2.45) is 13.0 Å². The first-order valence-corrected chi connectivity index (χ1v) is 10.1. The third-order valence-corrected chi connectivity index (χ3v) is 6.12. The highest BCUT2D eigenvalue weighted by atomic mass is 35.5. The minimum Gasteiger partial charge on any atom is -0.345 e. The number of aromatic nitrogens is 1. The van der Waals surface area contributed by atoms with E-state index in [2.05, 4.69) is 5.32 Å². The zero-order chi connectivity index (χ0) is 22.1. The lowest BCUT2D eigenvalue weighted by atomic mass is 10.1. The van der Waals surface area contributed by atoms with Crippen molar-refractivity contribution in [1.29, 1.82) is 0 Å². The van der Waals surface area contributed by atoms with E-state index in [1.165, 1.54) is 7.05 Å². The van der Waals surface area contributed by atoms with Gasteiger partial charge in [0.05, 0.1) is 15.7 Å². The Bertz CT molecular complexity index is 1010. The Morgan fingerprint density at radius 1 is 1.24 bits per heavy atom. The Balaban J connectivity index is 2.22. The molecule has 0 radical (unpaired) electrons. The molecule has 1 atom stereocenters. The summed E-state index contributed by atoms with van der Waals surface area (Å²) in [7, 11) is -2.74. The number of alkyl halides is 3. The number of hydrogen-bond acceptors (Lipinski definition) is 3. The summed E-state index contributed by atoms with van der Waals surface area (Å²) in [6.07, 6.45) is -4.67. The van der Waals surface area contributed by atoms with Crippen LogP contribution in [0, 0.1) is 17.6 Å². The molecule has 0 saturated heterocycles. The molecule has 2 rings (SSSR count). The number of amides is 1. The Morgan fingerprint density at radius 3 is 2.41 bits per heavy atom. The van der Waals surface area contributed by atoms with Gasteiger partial charge in [-0.2, -0.15) is 13.2 Å². The lowest BCUT2D eigenvalue weighted by Crippen LogP contribution is -2.20. The van der Waals surface area contributed by atoms with E-state index in [-0.39, 0.29) is 16.3 Å². The maximum absolute atomic E-state index is 13.4. The van der Waals surface area contributed by atoms with Crippen molar-refractivity contribution in [3.05, 3.63) is 46.7 Å². The molecule has 29 heavy (non-hydrogen) atoms. The van der Waals surface area contributed by atoms with Crippen LogP contribution in [0.1, 0.15) is 23.8 Å². The second-order valence-electron chi connectivity index (χ2n) is 6.59. The van der Waals surface area contributed by atoms with Gasteiger partial charge in [0.15, 0.2) is 21.5 Å². The molecule has 0 fully saturated rings. The number of halogens is 6. The van der Waals surface area contributed by atoms with Gasteiger partial charge in [0, 0.05) is 31.4 Å². The summed E-state index contributed by atoms with van der Waals surface area (Å²) >= 11 is 5.51. The van der Waals surface area contributed by atoms with E-state index in [0.717, 1.165) is 29.8 Å². The predicted molar refractivity (Wildman–Crippen MR) is 96.6 cm³/mol. The normalized spacial score (nSPS) is 13.4. The Labute approximate surface area is 168 Å². The van der Waals surface area contributed by atoms with Crippen LogP contribution in [0.15, 0.2) is 29.3 Å². The number of rotatable bonds is 6. The molecular formula is C17H16ClF5N2O3S. The van der Waals surface area contributed by atoms with Crippen LogP contribution in [0.25, 0.3) is 0 Å². The topological polar surface area (TPSA) is 68.2 Å². The molecule has 0 aliphatic heterocycles.